The Labute approximate surface area is 105 Å². The highest BCUT2D eigenvalue weighted by Crippen LogP contribution is 2.27. The minimum Gasteiger partial charge on any atom is -0.456 e. The zero-order valence-corrected chi connectivity index (χ0v) is 10.8. The molecule has 1 heterocycles. The molecule has 1 N–H and O–H groups in total. The number of aromatic nitrogens is 1. The lowest BCUT2D eigenvalue weighted by Crippen LogP contribution is -2.24. The number of hydrogen-bond acceptors (Lipinski definition) is 2. The second kappa shape index (κ2) is 4.08. The SMILES string of the molecule is CC(C)(C)OC(=O)c1c(Cl)ccc2[nH]ccc12. The first-order valence-corrected chi connectivity index (χ1v) is 5.75. The third-order valence-corrected chi connectivity index (χ3v) is 2.60. The Bertz CT molecular complexity index is 566. The van der Waals surface area contributed by atoms with Gasteiger partial charge in [0.15, 0.2) is 0 Å². The summed E-state index contributed by atoms with van der Waals surface area (Å²) in [6.45, 7) is 5.49. The first-order valence-electron chi connectivity index (χ1n) is 5.37. The van der Waals surface area contributed by atoms with Crippen molar-refractivity contribution in [2.45, 2.75) is 26.4 Å². The normalized spacial score (nSPS) is 11.8. The topological polar surface area (TPSA) is 42.1 Å². The quantitative estimate of drug-likeness (QED) is 0.784. The van der Waals surface area contributed by atoms with Crippen LogP contribution in [0.25, 0.3) is 10.9 Å². The van der Waals surface area contributed by atoms with Gasteiger partial charge in [0.05, 0.1) is 10.6 Å². The predicted molar refractivity (Wildman–Crippen MR) is 68.5 cm³/mol. The molecule has 0 spiro atoms. The number of carbonyl (C=O) groups excluding carboxylic acids is 1. The van der Waals surface area contributed by atoms with Crippen molar-refractivity contribution in [3.63, 3.8) is 0 Å². The summed E-state index contributed by atoms with van der Waals surface area (Å²) in [7, 11) is 0. The Hall–Kier alpha value is -1.48. The van der Waals surface area contributed by atoms with E-state index in [1.54, 1.807) is 12.3 Å². The van der Waals surface area contributed by atoms with Crippen LogP contribution in [0, 0.1) is 0 Å². The molecule has 1 aromatic heterocycles. The molecule has 90 valence electrons. The zero-order chi connectivity index (χ0) is 12.6. The van der Waals surface area contributed by atoms with Gasteiger partial charge in [-0.3, -0.25) is 0 Å². The van der Waals surface area contributed by atoms with E-state index in [4.69, 9.17) is 16.3 Å². The third-order valence-electron chi connectivity index (χ3n) is 2.29. The first-order chi connectivity index (χ1) is 7.88. The molecule has 0 aliphatic rings. The molecular formula is C13H14ClNO2. The maximum atomic E-state index is 12.1. The van der Waals surface area contributed by atoms with E-state index < -0.39 is 11.6 Å². The predicted octanol–water partition coefficient (Wildman–Crippen LogP) is 3.78. The van der Waals surface area contributed by atoms with Gasteiger partial charge in [-0.1, -0.05) is 11.6 Å². The molecule has 2 rings (SSSR count). The Balaban J connectivity index is 2.50. The molecular weight excluding hydrogens is 238 g/mol. The summed E-state index contributed by atoms with van der Waals surface area (Å²) >= 11 is 6.07. The van der Waals surface area contributed by atoms with Gasteiger partial charge in [0.1, 0.15) is 5.60 Å². The molecule has 0 unspecified atom stereocenters. The lowest BCUT2D eigenvalue weighted by Gasteiger charge is -2.20. The Kier molecular flexibility index (Phi) is 2.87. The van der Waals surface area contributed by atoms with E-state index in [1.165, 1.54) is 0 Å². The van der Waals surface area contributed by atoms with Gasteiger partial charge >= 0.3 is 5.97 Å². The number of benzene rings is 1. The van der Waals surface area contributed by atoms with Gasteiger partial charge in [0.2, 0.25) is 0 Å². The number of esters is 1. The van der Waals surface area contributed by atoms with Crippen molar-refractivity contribution in [3.8, 4) is 0 Å². The van der Waals surface area contributed by atoms with E-state index in [0.29, 0.717) is 10.6 Å². The minimum absolute atomic E-state index is 0.396. The Morgan fingerprint density at radius 2 is 2.00 bits per heavy atom. The molecule has 0 fully saturated rings. The monoisotopic (exact) mass is 251 g/mol. The van der Waals surface area contributed by atoms with Gasteiger partial charge in [-0.15, -0.1) is 0 Å². The van der Waals surface area contributed by atoms with Gasteiger partial charge < -0.3 is 9.72 Å². The molecule has 0 saturated carbocycles. The summed E-state index contributed by atoms with van der Waals surface area (Å²) in [5, 5.41) is 1.19. The molecule has 0 aliphatic carbocycles. The second-order valence-corrected chi connectivity index (χ2v) is 5.27. The van der Waals surface area contributed by atoms with E-state index >= 15 is 0 Å². The average molecular weight is 252 g/mol. The van der Waals surface area contributed by atoms with Gasteiger partial charge in [0, 0.05) is 17.1 Å². The van der Waals surface area contributed by atoms with Crippen molar-refractivity contribution in [2.75, 3.05) is 0 Å². The highest BCUT2D eigenvalue weighted by Gasteiger charge is 2.22. The van der Waals surface area contributed by atoms with Crippen LogP contribution in [0.15, 0.2) is 24.4 Å². The zero-order valence-electron chi connectivity index (χ0n) is 10.0. The molecule has 2 aromatic rings. The van der Waals surface area contributed by atoms with Crippen LogP contribution in [-0.2, 0) is 4.74 Å². The van der Waals surface area contributed by atoms with E-state index in [9.17, 15) is 4.79 Å². The standard InChI is InChI=1S/C13H14ClNO2/c1-13(2,3)17-12(16)11-8-6-7-15-10(8)5-4-9(11)14/h4-7,15H,1-3H3. The number of ether oxygens (including phenoxy) is 1. The summed E-state index contributed by atoms with van der Waals surface area (Å²) in [5.74, 6) is -0.396. The van der Waals surface area contributed by atoms with Crippen molar-refractivity contribution in [3.05, 3.63) is 35.0 Å². The van der Waals surface area contributed by atoms with Gasteiger partial charge in [-0.05, 0) is 39.0 Å². The number of rotatable bonds is 1. The highest BCUT2D eigenvalue weighted by atomic mass is 35.5. The molecule has 4 heteroatoms. The van der Waals surface area contributed by atoms with E-state index in [0.717, 1.165) is 10.9 Å². The van der Waals surface area contributed by atoms with Crippen LogP contribution >= 0.6 is 11.6 Å². The van der Waals surface area contributed by atoms with E-state index in [-0.39, 0.29) is 0 Å². The Morgan fingerprint density at radius 3 is 2.65 bits per heavy atom. The van der Waals surface area contributed by atoms with Gasteiger partial charge in [-0.25, -0.2) is 4.79 Å². The molecule has 1 aromatic carbocycles. The summed E-state index contributed by atoms with van der Waals surface area (Å²) in [6.07, 6.45) is 1.77. The lowest BCUT2D eigenvalue weighted by atomic mass is 10.1. The van der Waals surface area contributed by atoms with Crippen LogP contribution in [0.4, 0.5) is 0 Å². The van der Waals surface area contributed by atoms with E-state index in [1.807, 2.05) is 32.9 Å². The summed E-state index contributed by atoms with van der Waals surface area (Å²) in [4.78, 5) is 15.1. The fourth-order valence-electron chi connectivity index (χ4n) is 1.64. The molecule has 0 atom stereocenters. The highest BCUT2D eigenvalue weighted by molar-refractivity contribution is 6.35. The largest absolute Gasteiger partial charge is 0.456 e. The number of hydrogen-bond donors (Lipinski definition) is 1. The lowest BCUT2D eigenvalue weighted by molar-refractivity contribution is 0.00721. The van der Waals surface area contributed by atoms with Crippen molar-refractivity contribution < 1.29 is 9.53 Å². The molecule has 0 saturated heterocycles. The van der Waals surface area contributed by atoms with Crippen LogP contribution < -0.4 is 0 Å². The van der Waals surface area contributed by atoms with Crippen molar-refractivity contribution in [2.24, 2.45) is 0 Å². The smallest absolute Gasteiger partial charge is 0.340 e. The van der Waals surface area contributed by atoms with Crippen molar-refractivity contribution in [1.82, 2.24) is 4.98 Å². The number of nitrogens with one attached hydrogen (secondary N) is 1. The number of fused-ring (bicyclic) bond motifs is 1. The summed E-state index contributed by atoms with van der Waals surface area (Å²) in [5.41, 5.74) is 0.759. The molecule has 0 bridgehead atoms. The maximum absolute atomic E-state index is 12.1. The summed E-state index contributed by atoms with van der Waals surface area (Å²) < 4.78 is 5.34. The second-order valence-electron chi connectivity index (χ2n) is 4.86. The third kappa shape index (κ3) is 2.44. The van der Waals surface area contributed by atoms with Crippen LogP contribution in [0.5, 0.6) is 0 Å². The number of aromatic amines is 1. The van der Waals surface area contributed by atoms with Crippen LogP contribution in [0.1, 0.15) is 31.1 Å². The number of halogens is 1. The number of carbonyl (C=O) groups is 1. The maximum Gasteiger partial charge on any atom is 0.340 e. The van der Waals surface area contributed by atoms with Gasteiger partial charge in [0.25, 0.3) is 0 Å². The molecule has 0 amide bonds. The first kappa shape index (κ1) is 12.0. The van der Waals surface area contributed by atoms with Crippen LogP contribution in [0.3, 0.4) is 0 Å². The number of H-pyrrole nitrogens is 1. The van der Waals surface area contributed by atoms with E-state index in [2.05, 4.69) is 4.98 Å². The van der Waals surface area contributed by atoms with Crippen molar-refractivity contribution >= 4 is 28.5 Å². The molecule has 3 nitrogen and oxygen atoms in total. The van der Waals surface area contributed by atoms with Crippen LogP contribution in [-0.4, -0.2) is 16.6 Å². The van der Waals surface area contributed by atoms with Gasteiger partial charge in [-0.2, -0.15) is 0 Å². The fourth-order valence-corrected chi connectivity index (χ4v) is 1.89. The fraction of sp³-hybridized carbons (Fsp3) is 0.308. The minimum atomic E-state index is -0.529. The Morgan fingerprint density at radius 1 is 1.29 bits per heavy atom. The van der Waals surface area contributed by atoms with Crippen molar-refractivity contribution in [1.29, 1.82) is 0 Å². The average Bonchev–Trinajstić information content (AvgIpc) is 2.61. The molecule has 0 aliphatic heterocycles. The van der Waals surface area contributed by atoms with Crippen LogP contribution in [0.2, 0.25) is 5.02 Å². The molecule has 17 heavy (non-hydrogen) atoms. The summed E-state index contributed by atoms with van der Waals surface area (Å²) in [6, 6.07) is 5.35. The molecule has 0 radical (unpaired) electrons.